The van der Waals surface area contributed by atoms with Crippen LogP contribution in [-0.4, -0.2) is 33.0 Å². The summed E-state index contributed by atoms with van der Waals surface area (Å²) in [4.78, 5) is 0. The lowest BCUT2D eigenvalue weighted by Gasteiger charge is -2.40. The van der Waals surface area contributed by atoms with Crippen molar-refractivity contribution in [2.24, 2.45) is 5.41 Å². The van der Waals surface area contributed by atoms with Gasteiger partial charge in [-0.15, -0.1) is 0 Å². The molecule has 0 amide bonds. The first-order chi connectivity index (χ1) is 10.7. The van der Waals surface area contributed by atoms with Gasteiger partial charge in [0.1, 0.15) is 5.75 Å². The third-order valence-corrected chi connectivity index (χ3v) is 4.45. The van der Waals surface area contributed by atoms with Crippen molar-refractivity contribution in [3.05, 3.63) is 29.8 Å². The molecule has 2 rings (SSSR count). The minimum atomic E-state index is 0.321. The van der Waals surface area contributed by atoms with E-state index in [2.05, 4.69) is 26.0 Å². The molecule has 1 aliphatic heterocycles. The quantitative estimate of drug-likeness (QED) is 0.568. The Morgan fingerprint density at radius 1 is 1.00 bits per heavy atom. The Bertz CT molecular complexity index is 404. The average molecular weight is 306 g/mol. The molecule has 3 heteroatoms. The molecule has 1 aromatic rings. The third-order valence-electron chi connectivity index (χ3n) is 4.45. The molecule has 1 heterocycles. The number of aryl methyl sites for hydroxylation is 1. The molecule has 0 spiro atoms. The Morgan fingerprint density at radius 2 is 1.68 bits per heavy atom. The van der Waals surface area contributed by atoms with Gasteiger partial charge in [0, 0.05) is 12.0 Å². The number of hydrogen-bond acceptors (Lipinski definition) is 3. The fraction of sp³-hybridized carbons (Fsp3) is 0.684. The van der Waals surface area contributed by atoms with Crippen molar-refractivity contribution < 1.29 is 14.2 Å². The number of ether oxygens (including phenoxy) is 3. The Balaban J connectivity index is 1.40. The molecule has 0 radical (unpaired) electrons. The smallest absolute Gasteiger partial charge is 0.119 e. The molecule has 22 heavy (non-hydrogen) atoms. The van der Waals surface area contributed by atoms with Crippen LogP contribution in [0.15, 0.2) is 24.3 Å². The molecule has 124 valence electrons. The molecule has 3 nitrogen and oxygen atoms in total. The van der Waals surface area contributed by atoms with Crippen LogP contribution in [0.3, 0.4) is 0 Å². The van der Waals surface area contributed by atoms with Crippen LogP contribution in [0.4, 0.5) is 0 Å². The second-order valence-corrected chi connectivity index (χ2v) is 6.47. The molecule has 1 aromatic carbocycles. The van der Waals surface area contributed by atoms with Crippen LogP contribution in [0, 0.1) is 12.3 Å². The van der Waals surface area contributed by atoms with Crippen LogP contribution in [-0.2, 0) is 9.47 Å². The summed E-state index contributed by atoms with van der Waals surface area (Å²) in [6.45, 7) is 8.60. The van der Waals surface area contributed by atoms with Crippen molar-refractivity contribution in [3.8, 4) is 5.75 Å². The number of rotatable bonds is 11. The molecule has 1 aliphatic rings. The minimum Gasteiger partial charge on any atom is -0.494 e. The van der Waals surface area contributed by atoms with Gasteiger partial charge in [-0.1, -0.05) is 31.0 Å². The maximum absolute atomic E-state index is 5.81. The third kappa shape index (κ3) is 5.62. The number of benzene rings is 1. The van der Waals surface area contributed by atoms with Crippen LogP contribution >= 0.6 is 0 Å². The molecule has 0 aromatic heterocycles. The maximum atomic E-state index is 5.81. The van der Waals surface area contributed by atoms with E-state index in [0.717, 1.165) is 58.0 Å². The van der Waals surface area contributed by atoms with E-state index in [4.69, 9.17) is 14.2 Å². The summed E-state index contributed by atoms with van der Waals surface area (Å²) in [5, 5.41) is 0. The van der Waals surface area contributed by atoms with Crippen LogP contribution in [0.1, 0.15) is 44.6 Å². The number of hydrogen-bond donors (Lipinski definition) is 0. The Labute approximate surface area is 135 Å². The van der Waals surface area contributed by atoms with Gasteiger partial charge >= 0.3 is 0 Å². The van der Waals surface area contributed by atoms with E-state index in [0.29, 0.717) is 5.41 Å². The van der Waals surface area contributed by atoms with Crippen molar-refractivity contribution >= 4 is 0 Å². The zero-order valence-corrected chi connectivity index (χ0v) is 14.1. The second-order valence-electron chi connectivity index (χ2n) is 6.47. The van der Waals surface area contributed by atoms with Gasteiger partial charge in [0.05, 0.1) is 26.4 Å². The van der Waals surface area contributed by atoms with Crippen LogP contribution in [0.2, 0.25) is 0 Å². The summed E-state index contributed by atoms with van der Waals surface area (Å²) in [5.74, 6) is 0.974. The van der Waals surface area contributed by atoms with Crippen LogP contribution in [0.25, 0.3) is 0 Å². The van der Waals surface area contributed by atoms with E-state index >= 15 is 0 Å². The molecule has 1 saturated heterocycles. The molecular weight excluding hydrogens is 276 g/mol. The van der Waals surface area contributed by atoms with Gasteiger partial charge in [0.15, 0.2) is 0 Å². The highest BCUT2D eigenvalue weighted by Gasteiger charge is 2.36. The minimum absolute atomic E-state index is 0.321. The maximum Gasteiger partial charge on any atom is 0.119 e. The standard InChI is InChI=1S/C19H30O3/c1-3-19(15-21-16-19)14-20-12-6-4-5-7-13-22-18-10-8-17(2)9-11-18/h8-11H,3-7,12-16H2,1-2H3. The van der Waals surface area contributed by atoms with Gasteiger partial charge in [-0.3, -0.25) is 0 Å². The first kappa shape index (κ1) is 17.3. The van der Waals surface area contributed by atoms with Crippen molar-refractivity contribution in [1.29, 1.82) is 0 Å². The number of unbranched alkanes of at least 4 members (excludes halogenated alkanes) is 3. The normalized spacial score (nSPS) is 16.3. The lowest BCUT2D eigenvalue weighted by atomic mass is 9.84. The molecule has 0 N–H and O–H groups in total. The van der Waals surface area contributed by atoms with E-state index in [1.807, 2.05) is 12.1 Å². The zero-order chi connectivity index (χ0) is 15.7. The van der Waals surface area contributed by atoms with Crippen molar-refractivity contribution in [2.45, 2.75) is 46.0 Å². The summed E-state index contributed by atoms with van der Waals surface area (Å²) in [6.07, 6.45) is 5.83. The van der Waals surface area contributed by atoms with E-state index in [-0.39, 0.29) is 0 Å². The summed E-state index contributed by atoms with van der Waals surface area (Å²) in [5.41, 5.74) is 1.59. The van der Waals surface area contributed by atoms with Crippen LogP contribution < -0.4 is 4.74 Å². The zero-order valence-electron chi connectivity index (χ0n) is 14.1. The van der Waals surface area contributed by atoms with Gasteiger partial charge in [0.25, 0.3) is 0 Å². The van der Waals surface area contributed by atoms with E-state index in [1.165, 1.54) is 18.4 Å². The van der Waals surface area contributed by atoms with Crippen molar-refractivity contribution in [1.82, 2.24) is 0 Å². The topological polar surface area (TPSA) is 27.7 Å². The Hall–Kier alpha value is -1.06. The Kier molecular flexibility index (Phi) is 7.20. The molecule has 0 bridgehead atoms. The van der Waals surface area contributed by atoms with Gasteiger partial charge in [-0.2, -0.15) is 0 Å². The highest BCUT2D eigenvalue weighted by molar-refractivity contribution is 5.26. The van der Waals surface area contributed by atoms with Gasteiger partial charge in [-0.05, 0) is 44.7 Å². The fourth-order valence-electron chi connectivity index (χ4n) is 2.55. The Morgan fingerprint density at radius 3 is 2.27 bits per heavy atom. The molecular formula is C19H30O3. The SMILES string of the molecule is CCC1(COCCCCCCOc2ccc(C)cc2)COC1. The summed E-state index contributed by atoms with van der Waals surface area (Å²) < 4.78 is 16.8. The largest absolute Gasteiger partial charge is 0.494 e. The first-order valence-corrected chi connectivity index (χ1v) is 8.59. The molecule has 0 aliphatic carbocycles. The predicted molar refractivity (Wildman–Crippen MR) is 89.5 cm³/mol. The summed E-state index contributed by atoms with van der Waals surface area (Å²) in [7, 11) is 0. The van der Waals surface area contributed by atoms with Gasteiger partial charge in [-0.25, -0.2) is 0 Å². The van der Waals surface area contributed by atoms with Crippen molar-refractivity contribution in [3.63, 3.8) is 0 Å². The summed E-state index contributed by atoms with van der Waals surface area (Å²) >= 11 is 0. The molecule has 0 atom stereocenters. The van der Waals surface area contributed by atoms with Crippen molar-refractivity contribution in [2.75, 3.05) is 33.0 Å². The lowest BCUT2D eigenvalue weighted by Crippen LogP contribution is -2.45. The predicted octanol–water partition coefficient (Wildman–Crippen LogP) is 4.38. The van der Waals surface area contributed by atoms with Gasteiger partial charge in [0.2, 0.25) is 0 Å². The lowest BCUT2D eigenvalue weighted by molar-refractivity contribution is -0.150. The fourth-order valence-corrected chi connectivity index (χ4v) is 2.55. The first-order valence-electron chi connectivity index (χ1n) is 8.59. The highest BCUT2D eigenvalue weighted by Crippen LogP contribution is 2.31. The monoisotopic (exact) mass is 306 g/mol. The van der Waals surface area contributed by atoms with E-state index < -0.39 is 0 Å². The average Bonchev–Trinajstić information content (AvgIpc) is 2.49. The molecule has 0 unspecified atom stereocenters. The van der Waals surface area contributed by atoms with E-state index in [1.54, 1.807) is 0 Å². The molecule has 1 fully saturated rings. The summed E-state index contributed by atoms with van der Waals surface area (Å²) in [6, 6.07) is 8.25. The second kappa shape index (κ2) is 9.16. The van der Waals surface area contributed by atoms with Gasteiger partial charge < -0.3 is 14.2 Å². The van der Waals surface area contributed by atoms with E-state index in [9.17, 15) is 0 Å². The molecule has 0 saturated carbocycles. The highest BCUT2D eigenvalue weighted by atomic mass is 16.5. The van der Waals surface area contributed by atoms with Crippen LogP contribution in [0.5, 0.6) is 5.75 Å².